The minimum absolute atomic E-state index is 0.197. The maximum atomic E-state index is 11.9. The van der Waals surface area contributed by atoms with Crippen molar-refractivity contribution in [1.82, 2.24) is 0 Å². The molecular formula is C13H10BrNO3. The van der Waals surface area contributed by atoms with E-state index in [2.05, 4.69) is 15.9 Å². The maximum absolute atomic E-state index is 11.9. The fourth-order valence-electron chi connectivity index (χ4n) is 1.36. The van der Waals surface area contributed by atoms with Gasteiger partial charge < -0.3 is 5.11 Å². The number of alkyl halides is 1. The van der Waals surface area contributed by atoms with Crippen molar-refractivity contribution in [1.29, 1.82) is 5.26 Å². The van der Waals surface area contributed by atoms with Gasteiger partial charge in [-0.25, -0.2) is 4.79 Å². The summed E-state index contributed by atoms with van der Waals surface area (Å²) in [7, 11) is 0. The lowest BCUT2D eigenvalue weighted by atomic mass is 9.99. The first kappa shape index (κ1) is 14.1. The van der Waals surface area contributed by atoms with Gasteiger partial charge in [0.1, 0.15) is 0 Å². The van der Waals surface area contributed by atoms with Crippen LogP contribution in [-0.4, -0.2) is 21.7 Å². The van der Waals surface area contributed by atoms with E-state index in [4.69, 9.17) is 10.4 Å². The van der Waals surface area contributed by atoms with Gasteiger partial charge in [0.15, 0.2) is 5.78 Å². The number of carbonyl (C=O) groups excluding carboxylic acids is 1. The first-order chi connectivity index (χ1) is 8.45. The first-order valence-electron chi connectivity index (χ1n) is 5.09. The Balaban J connectivity index is 3.30. The molecule has 0 saturated carbocycles. The predicted octanol–water partition coefficient (Wildman–Crippen LogP) is 2.62. The second-order valence-corrected chi connectivity index (χ2v) is 4.94. The van der Waals surface area contributed by atoms with Crippen LogP contribution < -0.4 is 0 Å². The molecule has 0 heterocycles. The van der Waals surface area contributed by atoms with Crippen LogP contribution >= 0.6 is 15.9 Å². The highest BCUT2D eigenvalue weighted by Crippen LogP contribution is 2.18. The van der Waals surface area contributed by atoms with E-state index in [1.807, 2.05) is 6.07 Å². The zero-order valence-electron chi connectivity index (χ0n) is 9.55. The van der Waals surface area contributed by atoms with Gasteiger partial charge in [-0.1, -0.05) is 22.0 Å². The van der Waals surface area contributed by atoms with Crippen LogP contribution in [0.3, 0.4) is 0 Å². The third-order valence-corrected chi connectivity index (χ3v) is 2.63. The molecule has 1 aromatic carbocycles. The number of nitriles is 1. The molecule has 1 rings (SSSR count). The van der Waals surface area contributed by atoms with E-state index in [0.29, 0.717) is 16.7 Å². The van der Waals surface area contributed by atoms with Crippen LogP contribution in [0.25, 0.3) is 6.08 Å². The van der Waals surface area contributed by atoms with Crippen molar-refractivity contribution in [3.8, 4) is 6.07 Å². The van der Waals surface area contributed by atoms with Crippen LogP contribution in [0.4, 0.5) is 0 Å². The SMILES string of the molecule is CC(Br)C(=O)c1cc(C#N)ccc1C=CC(=O)O. The van der Waals surface area contributed by atoms with E-state index in [-0.39, 0.29) is 5.78 Å². The summed E-state index contributed by atoms with van der Waals surface area (Å²) in [6.07, 6.45) is 2.29. The van der Waals surface area contributed by atoms with Gasteiger partial charge in [0.05, 0.1) is 16.5 Å². The molecule has 5 heteroatoms. The molecule has 0 radical (unpaired) electrons. The van der Waals surface area contributed by atoms with Crippen molar-refractivity contribution >= 4 is 33.8 Å². The number of Topliss-reactive ketones (excluding diaryl/α,β-unsaturated/α-hetero) is 1. The Hall–Kier alpha value is -1.93. The smallest absolute Gasteiger partial charge is 0.328 e. The first-order valence-corrected chi connectivity index (χ1v) is 6.00. The van der Waals surface area contributed by atoms with Gasteiger partial charge in [0.2, 0.25) is 0 Å². The summed E-state index contributed by atoms with van der Waals surface area (Å²) in [5.74, 6) is -1.29. The standard InChI is InChI=1S/C13H10BrNO3/c1-8(14)13(18)11-6-9(7-15)2-3-10(11)4-5-12(16)17/h2-6,8H,1H3,(H,16,17). The van der Waals surface area contributed by atoms with Crippen LogP contribution in [0.5, 0.6) is 0 Å². The second kappa shape index (κ2) is 6.12. The third-order valence-electron chi connectivity index (χ3n) is 2.21. The lowest BCUT2D eigenvalue weighted by Gasteiger charge is -2.07. The molecular weight excluding hydrogens is 298 g/mol. The maximum Gasteiger partial charge on any atom is 0.328 e. The van der Waals surface area contributed by atoms with Gasteiger partial charge >= 0.3 is 5.97 Å². The molecule has 0 amide bonds. The number of rotatable bonds is 4. The van der Waals surface area contributed by atoms with Crippen LogP contribution in [0.1, 0.15) is 28.4 Å². The van der Waals surface area contributed by atoms with E-state index in [1.165, 1.54) is 18.2 Å². The van der Waals surface area contributed by atoms with Crippen molar-refractivity contribution in [3.05, 3.63) is 41.0 Å². The summed E-state index contributed by atoms with van der Waals surface area (Å²) < 4.78 is 0. The van der Waals surface area contributed by atoms with E-state index in [1.54, 1.807) is 13.0 Å². The highest BCUT2D eigenvalue weighted by molar-refractivity contribution is 9.10. The highest BCUT2D eigenvalue weighted by atomic mass is 79.9. The second-order valence-electron chi connectivity index (χ2n) is 3.57. The third kappa shape index (κ3) is 3.54. The average Bonchev–Trinajstić information content (AvgIpc) is 2.35. The Morgan fingerprint density at radius 1 is 1.50 bits per heavy atom. The van der Waals surface area contributed by atoms with Crippen molar-refractivity contribution in [3.63, 3.8) is 0 Å². The summed E-state index contributed by atoms with van der Waals surface area (Å²) in [4.78, 5) is 22.0. The Morgan fingerprint density at radius 3 is 2.67 bits per heavy atom. The van der Waals surface area contributed by atoms with Gasteiger partial charge in [0, 0.05) is 11.6 Å². The van der Waals surface area contributed by atoms with Gasteiger partial charge in [-0.2, -0.15) is 5.26 Å². The minimum atomic E-state index is -1.09. The summed E-state index contributed by atoms with van der Waals surface area (Å²) in [6, 6.07) is 6.50. The Morgan fingerprint density at radius 2 is 2.17 bits per heavy atom. The van der Waals surface area contributed by atoms with Crippen LogP contribution in [0.2, 0.25) is 0 Å². The number of halogens is 1. The minimum Gasteiger partial charge on any atom is -0.478 e. The number of ketones is 1. The van der Waals surface area contributed by atoms with Gasteiger partial charge in [-0.3, -0.25) is 4.79 Å². The predicted molar refractivity (Wildman–Crippen MR) is 70.5 cm³/mol. The zero-order valence-corrected chi connectivity index (χ0v) is 11.1. The van der Waals surface area contributed by atoms with Crippen molar-refractivity contribution in [2.45, 2.75) is 11.8 Å². The number of carboxylic acid groups (broad SMARTS) is 1. The van der Waals surface area contributed by atoms with Crippen molar-refractivity contribution < 1.29 is 14.7 Å². The van der Waals surface area contributed by atoms with Gasteiger partial charge in [-0.05, 0) is 30.7 Å². The lowest BCUT2D eigenvalue weighted by Crippen LogP contribution is -2.12. The Bertz CT molecular complexity index is 556. The normalized spacial score (nSPS) is 12.1. The molecule has 1 N–H and O–H groups in total. The summed E-state index contributed by atoms with van der Waals surface area (Å²) in [5.41, 5.74) is 1.17. The molecule has 1 atom stereocenters. The van der Waals surface area contributed by atoms with E-state index in [0.717, 1.165) is 6.08 Å². The molecule has 0 saturated heterocycles. The molecule has 0 spiro atoms. The molecule has 18 heavy (non-hydrogen) atoms. The number of benzene rings is 1. The molecule has 1 aromatic rings. The molecule has 4 nitrogen and oxygen atoms in total. The molecule has 0 fully saturated rings. The van der Waals surface area contributed by atoms with E-state index in [9.17, 15) is 9.59 Å². The average molecular weight is 308 g/mol. The van der Waals surface area contributed by atoms with E-state index >= 15 is 0 Å². The van der Waals surface area contributed by atoms with Crippen molar-refractivity contribution in [2.24, 2.45) is 0 Å². The summed E-state index contributed by atoms with van der Waals surface area (Å²) >= 11 is 3.16. The molecule has 0 aliphatic rings. The molecule has 92 valence electrons. The largest absolute Gasteiger partial charge is 0.478 e. The number of nitrogens with zero attached hydrogens (tertiary/aromatic N) is 1. The quantitative estimate of drug-likeness (QED) is 0.527. The highest BCUT2D eigenvalue weighted by Gasteiger charge is 2.15. The number of carbonyl (C=O) groups is 2. The fraction of sp³-hybridized carbons (Fsp3) is 0.154. The summed E-state index contributed by atoms with van der Waals surface area (Å²) in [5, 5.41) is 17.4. The fourth-order valence-corrected chi connectivity index (χ4v) is 1.61. The molecule has 0 aliphatic heterocycles. The topological polar surface area (TPSA) is 78.2 Å². The molecule has 0 aliphatic carbocycles. The van der Waals surface area contributed by atoms with E-state index < -0.39 is 10.8 Å². The Labute approximate surface area is 113 Å². The lowest BCUT2D eigenvalue weighted by molar-refractivity contribution is -0.131. The molecule has 1 unspecified atom stereocenters. The Kier molecular flexibility index (Phi) is 4.81. The van der Waals surface area contributed by atoms with Gasteiger partial charge in [-0.15, -0.1) is 0 Å². The number of aliphatic carboxylic acids is 1. The van der Waals surface area contributed by atoms with Crippen LogP contribution in [0, 0.1) is 11.3 Å². The van der Waals surface area contributed by atoms with Crippen LogP contribution in [0.15, 0.2) is 24.3 Å². The number of hydrogen-bond acceptors (Lipinski definition) is 3. The molecule has 0 aromatic heterocycles. The van der Waals surface area contributed by atoms with Crippen molar-refractivity contribution in [2.75, 3.05) is 0 Å². The molecule has 0 bridgehead atoms. The van der Waals surface area contributed by atoms with Crippen LogP contribution in [-0.2, 0) is 4.79 Å². The number of hydrogen-bond donors (Lipinski definition) is 1. The summed E-state index contributed by atoms with van der Waals surface area (Å²) in [6.45, 7) is 1.67. The van der Waals surface area contributed by atoms with Gasteiger partial charge in [0.25, 0.3) is 0 Å². The number of carboxylic acids is 1. The monoisotopic (exact) mass is 307 g/mol. The zero-order chi connectivity index (χ0) is 13.7.